The average Bonchev–Trinajstić information content (AvgIpc) is 3.33. The molecule has 0 saturated carbocycles. The summed E-state index contributed by atoms with van der Waals surface area (Å²) in [7, 11) is 3.63. The third-order valence-electron chi connectivity index (χ3n) is 4.90. The van der Waals surface area contributed by atoms with Gasteiger partial charge >= 0.3 is 0 Å². The van der Waals surface area contributed by atoms with E-state index in [0.717, 1.165) is 37.6 Å². The van der Waals surface area contributed by atoms with E-state index in [1.165, 1.54) is 6.20 Å². The van der Waals surface area contributed by atoms with Crippen LogP contribution in [-0.4, -0.2) is 54.7 Å². The maximum absolute atomic E-state index is 13.7. The zero-order chi connectivity index (χ0) is 18.8. The van der Waals surface area contributed by atoms with Crippen LogP contribution in [0.3, 0.4) is 0 Å². The molecule has 10 heteroatoms. The molecular formula is C17H22FN9. The molecule has 0 aliphatic carbocycles. The molecule has 9 nitrogen and oxygen atoms in total. The van der Waals surface area contributed by atoms with Crippen LogP contribution in [0.1, 0.15) is 30.4 Å². The fraction of sp³-hybridized carbons (Fsp3) is 0.471. The topological polar surface area (TPSA) is 89.6 Å². The van der Waals surface area contributed by atoms with Gasteiger partial charge in [0, 0.05) is 45.5 Å². The van der Waals surface area contributed by atoms with E-state index in [1.807, 2.05) is 28.6 Å². The maximum Gasteiger partial charge on any atom is 0.227 e. The van der Waals surface area contributed by atoms with Gasteiger partial charge in [0.2, 0.25) is 5.95 Å². The lowest BCUT2D eigenvalue weighted by Crippen LogP contribution is -2.36. The van der Waals surface area contributed by atoms with Crippen LogP contribution in [0.4, 0.5) is 16.2 Å². The molecule has 0 spiro atoms. The molecule has 3 aromatic rings. The van der Waals surface area contributed by atoms with Crippen molar-refractivity contribution in [2.24, 2.45) is 7.05 Å². The molecule has 3 aromatic heterocycles. The van der Waals surface area contributed by atoms with E-state index in [-0.39, 0.29) is 11.7 Å². The summed E-state index contributed by atoms with van der Waals surface area (Å²) in [5.41, 5.74) is 0. The van der Waals surface area contributed by atoms with Crippen LogP contribution in [0, 0.1) is 5.82 Å². The second-order valence-electron chi connectivity index (χ2n) is 6.64. The highest BCUT2D eigenvalue weighted by atomic mass is 19.1. The van der Waals surface area contributed by atoms with Gasteiger partial charge in [0.15, 0.2) is 17.5 Å². The van der Waals surface area contributed by atoms with Crippen molar-refractivity contribution in [1.29, 1.82) is 0 Å². The maximum atomic E-state index is 13.7. The van der Waals surface area contributed by atoms with Gasteiger partial charge in [0.1, 0.15) is 12.4 Å². The molecule has 1 N–H and O–H groups in total. The molecule has 1 saturated heterocycles. The molecule has 142 valence electrons. The van der Waals surface area contributed by atoms with Crippen molar-refractivity contribution in [2.75, 3.05) is 30.4 Å². The predicted molar refractivity (Wildman–Crippen MR) is 98.1 cm³/mol. The van der Waals surface area contributed by atoms with E-state index in [1.54, 1.807) is 13.2 Å². The first-order valence-corrected chi connectivity index (χ1v) is 8.96. The molecule has 1 unspecified atom stereocenters. The van der Waals surface area contributed by atoms with Crippen molar-refractivity contribution in [3.05, 3.63) is 42.1 Å². The van der Waals surface area contributed by atoms with Gasteiger partial charge in [0.25, 0.3) is 0 Å². The van der Waals surface area contributed by atoms with Crippen LogP contribution in [0.5, 0.6) is 0 Å². The molecule has 27 heavy (non-hydrogen) atoms. The average molecular weight is 371 g/mol. The van der Waals surface area contributed by atoms with Crippen molar-refractivity contribution in [2.45, 2.75) is 25.3 Å². The number of hydrogen-bond donors (Lipinski definition) is 1. The quantitative estimate of drug-likeness (QED) is 0.725. The lowest BCUT2D eigenvalue weighted by molar-refractivity contribution is 0.471. The Morgan fingerprint density at radius 3 is 3.00 bits per heavy atom. The van der Waals surface area contributed by atoms with Crippen LogP contribution in [0.15, 0.2) is 24.7 Å². The predicted octanol–water partition coefficient (Wildman–Crippen LogP) is 1.41. The van der Waals surface area contributed by atoms with Gasteiger partial charge in [-0.2, -0.15) is 10.1 Å². The van der Waals surface area contributed by atoms with Crippen LogP contribution >= 0.6 is 0 Å². The van der Waals surface area contributed by atoms with Crippen LogP contribution < -0.4 is 10.2 Å². The number of halogens is 1. The zero-order valence-electron chi connectivity index (χ0n) is 15.4. The van der Waals surface area contributed by atoms with Crippen LogP contribution in [-0.2, 0) is 13.6 Å². The number of nitrogens with zero attached hydrogens (tertiary/aromatic N) is 8. The van der Waals surface area contributed by atoms with Gasteiger partial charge in [-0.15, -0.1) is 10.2 Å². The second-order valence-corrected chi connectivity index (χ2v) is 6.64. The van der Waals surface area contributed by atoms with Gasteiger partial charge in [-0.25, -0.2) is 9.37 Å². The van der Waals surface area contributed by atoms with Crippen molar-refractivity contribution in [1.82, 2.24) is 34.5 Å². The van der Waals surface area contributed by atoms with Crippen molar-refractivity contribution in [3.8, 4) is 0 Å². The summed E-state index contributed by atoms with van der Waals surface area (Å²) < 4.78 is 17.5. The largest absolute Gasteiger partial charge is 0.371 e. The second kappa shape index (κ2) is 7.29. The van der Waals surface area contributed by atoms with Gasteiger partial charge in [0.05, 0.1) is 6.20 Å². The molecule has 1 aliphatic rings. The Labute approximate surface area is 156 Å². The monoisotopic (exact) mass is 371 g/mol. The standard InChI is InChI=1S/C17H22FN9/c1-19-15-13(18)9-20-17(22-15)26-7-3-5-12(10-26)16-24-23-14(25(16)2)11-27-8-4-6-21-27/h4,6,8-9,12H,3,5,7,10-11H2,1-2H3,(H,19,20,22). The van der Waals surface area contributed by atoms with Crippen LogP contribution in [0.25, 0.3) is 0 Å². The summed E-state index contributed by atoms with van der Waals surface area (Å²) in [4.78, 5) is 10.5. The lowest BCUT2D eigenvalue weighted by atomic mass is 9.97. The van der Waals surface area contributed by atoms with Gasteiger partial charge in [-0.05, 0) is 18.9 Å². The van der Waals surface area contributed by atoms with Gasteiger partial charge in [-0.3, -0.25) is 4.68 Å². The Balaban J connectivity index is 1.52. The summed E-state index contributed by atoms with van der Waals surface area (Å²) in [6, 6.07) is 1.89. The molecule has 4 rings (SSSR count). The van der Waals surface area contributed by atoms with Gasteiger partial charge in [-0.1, -0.05) is 0 Å². The minimum absolute atomic E-state index is 0.210. The minimum atomic E-state index is -0.452. The van der Waals surface area contributed by atoms with E-state index >= 15 is 0 Å². The number of aromatic nitrogens is 7. The molecule has 1 atom stereocenters. The smallest absolute Gasteiger partial charge is 0.227 e. The van der Waals surface area contributed by atoms with Crippen molar-refractivity contribution in [3.63, 3.8) is 0 Å². The zero-order valence-corrected chi connectivity index (χ0v) is 15.4. The highest BCUT2D eigenvalue weighted by molar-refractivity contribution is 5.42. The number of anilines is 2. The summed E-state index contributed by atoms with van der Waals surface area (Å²) in [5.74, 6) is 2.31. The molecule has 4 heterocycles. The summed E-state index contributed by atoms with van der Waals surface area (Å²) in [6.45, 7) is 2.14. The molecule has 0 aromatic carbocycles. The Hall–Kier alpha value is -3.04. The number of rotatable bonds is 5. The first-order valence-electron chi connectivity index (χ1n) is 8.96. The SMILES string of the molecule is CNc1nc(N2CCCC(c3nnc(Cn4cccn4)n3C)C2)ncc1F. The normalized spacial score (nSPS) is 17.3. The Bertz CT molecular complexity index is 905. The molecule has 0 bridgehead atoms. The summed E-state index contributed by atoms with van der Waals surface area (Å²) in [5, 5.41) is 15.8. The highest BCUT2D eigenvalue weighted by Crippen LogP contribution is 2.28. The Kier molecular flexibility index (Phi) is 4.69. The summed E-state index contributed by atoms with van der Waals surface area (Å²) in [6.07, 6.45) is 6.87. The van der Waals surface area contributed by atoms with Crippen molar-refractivity contribution >= 4 is 11.8 Å². The number of piperidine rings is 1. The van der Waals surface area contributed by atoms with E-state index in [9.17, 15) is 4.39 Å². The van der Waals surface area contributed by atoms with E-state index in [4.69, 9.17) is 0 Å². The molecule has 0 radical (unpaired) electrons. The molecule has 0 amide bonds. The van der Waals surface area contributed by atoms with Gasteiger partial charge < -0.3 is 14.8 Å². The Morgan fingerprint density at radius 1 is 1.33 bits per heavy atom. The van der Waals surface area contributed by atoms with E-state index < -0.39 is 5.82 Å². The molecular weight excluding hydrogens is 349 g/mol. The van der Waals surface area contributed by atoms with Crippen LogP contribution in [0.2, 0.25) is 0 Å². The van der Waals surface area contributed by atoms with E-state index in [2.05, 4.69) is 35.5 Å². The fourth-order valence-corrected chi connectivity index (χ4v) is 3.46. The molecule has 1 aliphatic heterocycles. The third kappa shape index (κ3) is 3.46. The fourth-order valence-electron chi connectivity index (χ4n) is 3.46. The van der Waals surface area contributed by atoms with E-state index in [0.29, 0.717) is 12.5 Å². The first kappa shape index (κ1) is 17.4. The third-order valence-corrected chi connectivity index (χ3v) is 4.90. The lowest BCUT2D eigenvalue weighted by Gasteiger charge is -2.32. The minimum Gasteiger partial charge on any atom is -0.371 e. The number of hydrogen-bond acceptors (Lipinski definition) is 7. The molecule has 1 fully saturated rings. The highest BCUT2D eigenvalue weighted by Gasteiger charge is 2.27. The summed E-state index contributed by atoms with van der Waals surface area (Å²) >= 11 is 0. The number of nitrogens with one attached hydrogen (secondary N) is 1. The first-order chi connectivity index (χ1) is 13.2. The van der Waals surface area contributed by atoms with Crippen molar-refractivity contribution < 1.29 is 4.39 Å². The Morgan fingerprint density at radius 2 is 2.22 bits per heavy atom.